The molecule has 0 radical (unpaired) electrons. The van der Waals surface area contributed by atoms with Gasteiger partial charge in [0.05, 0.1) is 4.92 Å². The van der Waals surface area contributed by atoms with Crippen LogP contribution in [0.2, 0.25) is 0 Å². The molecule has 0 aliphatic heterocycles. The first kappa shape index (κ1) is 26.9. The minimum Gasteiger partial charge on any atom is -0.488 e. The van der Waals surface area contributed by atoms with Crippen molar-refractivity contribution >= 4 is 23.9 Å². The summed E-state index contributed by atoms with van der Waals surface area (Å²) in [5.41, 5.74) is 1.39. The third-order valence-electron chi connectivity index (χ3n) is 4.81. The van der Waals surface area contributed by atoms with Gasteiger partial charge in [-0.2, -0.15) is 10.5 Å². The molecule has 0 N–H and O–H groups in total. The molecule has 3 rings (SSSR count). The van der Waals surface area contributed by atoms with Crippen LogP contribution in [0, 0.1) is 32.8 Å². The molecule has 0 heterocycles. The highest BCUT2D eigenvalue weighted by Gasteiger charge is 2.12. The number of nitriles is 2. The fourth-order valence-electron chi connectivity index (χ4n) is 3.03. The van der Waals surface area contributed by atoms with E-state index in [1.807, 2.05) is 0 Å². The Kier molecular flexibility index (Phi) is 9.11. The lowest BCUT2D eigenvalue weighted by atomic mass is 10.1. The predicted molar refractivity (Wildman–Crippen MR) is 132 cm³/mol. The van der Waals surface area contributed by atoms with E-state index in [1.165, 1.54) is 55.5 Å². The largest absolute Gasteiger partial charge is 0.514 e. The zero-order valence-corrected chi connectivity index (χ0v) is 20.0. The number of hydrogen-bond acceptors (Lipinski definition) is 10. The molecule has 0 saturated heterocycles. The van der Waals surface area contributed by atoms with Crippen molar-refractivity contribution in [3.63, 3.8) is 0 Å². The molecule has 0 aliphatic carbocycles. The van der Waals surface area contributed by atoms with E-state index < -0.39 is 17.0 Å². The van der Waals surface area contributed by atoms with Crippen LogP contribution in [-0.4, -0.2) is 17.0 Å². The summed E-state index contributed by atoms with van der Waals surface area (Å²) < 4.78 is 21.1. The number of carbonyl (C=O) groups is 2. The zero-order valence-electron chi connectivity index (χ0n) is 20.0. The van der Waals surface area contributed by atoms with Crippen LogP contribution in [0.25, 0.3) is 6.08 Å². The molecule has 190 valence electrons. The van der Waals surface area contributed by atoms with Gasteiger partial charge in [-0.3, -0.25) is 14.9 Å². The van der Waals surface area contributed by atoms with Crippen molar-refractivity contribution in [1.29, 1.82) is 10.5 Å². The van der Waals surface area contributed by atoms with E-state index in [2.05, 4.69) is 0 Å². The second kappa shape index (κ2) is 12.9. The van der Waals surface area contributed by atoms with Gasteiger partial charge in [-0.15, -0.1) is 0 Å². The van der Waals surface area contributed by atoms with Crippen LogP contribution in [0.3, 0.4) is 0 Å². The van der Waals surface area contributed by atoms with Gasteiger partial charge in [-0.25, -0.2) is 4.79 Å². The highest BCUT2D eigenvalue weighted by Crippen LogP contribution is 2.28. The maximum absolute atomic E-state index is 12.2. The van der Waals surface area contributed by atoms with Crippen LogP contribution in [-0.2, 0) is 22.7 Å². The maximum atomic E-state index is 12.2. The number of non-ortho nitro benzene ring substituents is 1. The minimum absolute atomic E-state index is 0.00448. The monoisotopic (exact) mass is 513 g/mol. The van der Waals surface area contributed by atoms with Crippen molar-refractivity contribution < 1.29 is 33.5 Å². The number of nitro groups is 1. The van der Waals surface area contributed by atoms with Gasteiger partial charge < -0.3 is 18.9 Å². The SMILES string of the molecule is CC(=O)Oc1ccc(COC(=O)Oc2ccc(C=C(C#N)C#N)c(OCc3ccc([N+](=O)[O-])cc3)c2)cc1. The van der Waals surface area contributed by atoms with Gasteiger partial charge in [0.2, 0.25) is 0 Å². The van der Waals surface area contributed by atoms with E-state index in [9.17, 15) is 19.7 Å². The Morgan fingerprint density at radius 2 is 1.50 bits per heavy atom. The molecule has 0 aromatic heterocycles. The molecular weight excluding hydrogens is 494 g/mol. The summed E-state index contributed by atoms with van der Waals surface area (Å²) in [6, 6.07) is 19.9. The molecule has 38 heavy (non-hydrogen) atoms. The maximum Gasteiger partial charge on any atom is 0.514 e. The summed E-state index contributed by atoms with van der Waals surface area (Å²) in [6.07, 6.45) is 0.320. The Morgan fingerprint density at radius 1 is 0.895 bits per heavy atom. The van der Waals surface area contributed by atoms with Gasteiger partial charge in [0.1, 0.15) is 48.2 Å². The number of carbonyl (C=O) groups excluding carboxylic acids is 2. The smallest absolute Gasteiger partial charge is 0.488 e. The van der Waals surface area contributed by atoms with Crippen LogP contribution >= 0.6 is 0 Å². The molecule has 3 aromatic rings. The van der Waals surface area contributed by atoms with Gasteiger partial charge in [-0.1, -0.05) is 12.1 Å². The molecule has 0 amide bonds. The lowest BCUT2D eigenvalue weighted by molar-refractivity contribution is -0.384. The number of hydrogen-bond donors (Lipinski definition) is 0. The third-order valence-corrected chi connectivity index (χ3v) is 4.81. The lowest BCUT2D eigenvalue weighted by Crippen LogP contribution is -2.10. The van der Waals surface area contributed by atoms with Crippen LogP contribution in [0.15, 0.2) is 72.3 Å². The van der Waals surface area contributed by atoms with Gasteiger partial charge in [0.25, 0.3) is 5.69 Å². The van der Waals surface area contributed by atoms with E-state index in [-0.39, 0.29) is 36.0 Å². The Hall–Kier alpha value is -5.68. The van der Waals surface area contributed by atoms with E-state index >= 15 is 0 Å². The summed E-state index contributed by atoms with van der Waals surface area (Å²) in [6.45, 7) is 1.19. The van der Waals surface area contributed by atoms with Gasteiger partial charge in [0, 0.05) is 30.7 Å². The second-order valence-corrected chi connectivity index (χ2v) is 7.57. The third kappa shape index (κ3) is 7.93. The Labute approximate surface area is 216 Å². The van der Waals surface area contributed by atoms with Gasteiger partial charge in [0.15, 0.2) is 0 Å². The highest BCUT2D eigenvalue weighted by molar-refractivity contribution is 5.70. The van der Waals surface area contributed by atoms with Crippen molar-refractivity contribution in [1.82, 2.24) is 0 Å². The molecular formula is C27H19N3O8. The lowest BCUT2D eigenvalue weighted by Gasteiger charge is -2.12. The quantitative estimate of drug-likeness (QED) is 0.0922. The number of rotatable bonds is 9. The number of allylic oxidation sites excluding steroid dienone is 1. The van der Waals surface area contributed by atoms with Crippen LogP contribution < -0.4 is 14.2 Å². The Balaban J connectivity index is 1.70. The number of ether oxygens (including phenoxy) is 4. The van der Waals surface area contributed by atoms with E-state index in [0.29, 0.717) is 22.4 Å². The molecule has 0 saturated carbocycles. The fourth-order valence-corrected chi connectivity index (χ4v) is 3.03. The van der Waals surface area contributed by atoms with E-state index in [0.717, 1.165) is 0 Å². The molecule has 0 fully saturated rings. The van der Waals surface area contributed by atoms with Crippen LogP contribution in [0.5, 0.6) is 17.2 Å². The molecule has 11 heteroatoms. The number of benzene rings is 3. The topological polar surface area (TPSA) is 162 Å². The summed E-state index contributed by atoms with van der Waals surface area (Å²) in [7, 11) is 0. The van der Waals surface area contributed by atoms with E-state index in [4.69, 9.17) is 29.5 Å². The molecule has 0 unspecified atom stereocenters. The second-order valence-electron chi connectivity index (χ2n) is 7.57. The normalized spacial score (nSPS) is 9.76. The fraction of sp³-hybridized carbons (Fsp3) is 0.111. The Bertz CT molecular complexity index is 1430. The van der Waals surface area contributed by atoms with Crippen molar-refractivity contribution in [2.45, 2.75) is 20.1 Å². The number of nitro benzene ring substituents is 1. The number of nitrogens with zero attached hydrogens (tertiary/aromatic N) is 3. The molecule has 0 aliphatic rings. The summed E-state index contributed by atoms with van der Waals surface area (Å²) in [5, 5.41) is 29.0. The summed E-state index contributed by atoms with van der Waals surface area (Å²) in [4.78, 5) is 33.5. The predicted octanol–water partition coefficient (Wildman–Crippen LogP) is 5.25. The van der Waals surface area contributed by atoms with Crippen molar-refractivity contribution in [2.24, 2.45) is 0 Å². The molecule has 0 bridgehead atoms. The number of esters is 1. The summed E-state index contributed by atoms with van der Waals surface area (Å²) in [5.74, 6) is 0.172. The van der Waals surface area contributed by atoms with E-state index in [1.54, 1.807) is 36.4 Å². The highest BCUT2D eigenvalue weighted by atomic mass is 16.7. The summed E-state index contributed by atoms with van der Waals surface area (Å²) >= 11 is 0. The molecule has 3 aromatic carbocycles. The zero-order chi connectivity index (χ0) is 27.5. The average Bonchev–Trinajstić information content (AvgIpc) is 2.91. The van der Waals surface area contributed by atoms with Crippen LogP contribution in [0.4, 0.5) is 10.5 Å². The molecule has 0 spiro atoms. The standard InChI is InChI=1S/C27H19N3O8/c1-18(31)37-24-9-4-20(5-10-24)17-36-27(32)38-25-11-6-22(12-21(14-28)15-29)26(13-25)35-16-19-2-7-23(8-3-19)30(33)34/h2-13H,16-17H2,1H3. The van der Waals surface area contributed by atoms with Gasteiger partial charge >= 0.3 is 12.1 Å². The first-order valence-corrected chi connectivity index (χ1v) is 10.9. The van der Waals surface area contributed by atoms with Crippen molar-refractivity contribution in [2.75, 3.05) is 0 Å². The molecule has 11 nitrogen and oxygen atoms in total. The molecule has 0 atom stereocenters. The van der Waals surface area contributed by atoms with Gasteiger partial charge in [-0.05, 0) is 53.6 Å². The van der Waals surface area contributed by atoms with Crippen molar-refractivity contribution in [3.05, 3.63) is 99.1 Å². The first-order valence-electron chi connectivity index (χ1n) is 10.9. The van der Waals surface area contributed by atoms with Crippen LogP contribution in [0.1, 0.15) is 23.6 Å². The minimum atomic E-state index is -0.992. The average molecular weight is 513 g/mol. The first-order chi connectivity index (χ1) is 18.3. The van der Waals surface area contributed by atoms with Crippen molar-refractivity contribution in [3.8, 4) is 29.4 Å². The Morgan fingerprint density at radius 3 is 2.11 bits per heavy atom.